The van der Waals surface area contributed by atoms with Crippen molar-refractivity contribution in [1.29, 1.82) is 5.26 Å². The Balaban J connectivity index is 1.81. The molecule has 0 radical (unpaired) electrons. The van der Waals surface area contributed by atoms with Crippen LogP contribution in [0.5, 0.6) is 11.5 Å². The number of ether oxygens (including phenoxy) is 2. The van der Waals surface area contributed by atoms with Crippen molar-refractivity contribution in [3.63, 3.8) is 0 Å². The Morgan fingerprint density at radius 1 is 1.11 bits per heavy atom. The van der Waals surface area contributed by atoms with Crippen molar-refractivity contribution in [3.05, 3.63) is 42.1 Å². The Hall–Kier alpha value is -2.19. The third-order valence-corrected chi connectivity index (χ3v) is 3.54. The summed E-state index contributed by atoms with van der Waals surface area (Å²) >= 11 is 1.52. The average Bonchev–Trinajstić information content (AvgIpc) is 2.48. The van der Waals surface area contributed by atoms with Gasteiger partial charge in [-0.1, -0.05) is 11.8 Å². The molecule has 0 atom stereocenters. The van der Waals surface area contributed by atoms with Crippen LogP contribution >= 0.6 is 11.8 Å². The normalized spacial score (nSPS) is 12.8. The molecule has 2 heterocycles. The Labute approximate surface area is 115 Å². The van der Waals surface area contributed by atoms with Crippen LogP contribution in [-0.2, 0) is 0 Å². The Morgan fingerprint density at radius 3 is 2.68 bits per heavy atom. The fourth-order valence-electron chi connectivity index (χ4n) is 1.71. The molecule has 0 fully saturated rings. The Morgan fingerprint density at radius 2 is 1.95 bits per heavy atom. The zero-order valence-electron chi connectivity index (χ0n) is 10.00. The molecule has 0 bridgehead atoms. The molecule has 3 rings (SSSR count). The number of pyridine rings is 1. The van der Waals surface area contributed by atoms with E-state index in [9.17, 15) is 0 Å². The summed E-state index contributed by atoms with van der Waals surface area (Å²) in [4.78, 5) is 5.25. The molecule has 0 amide bonds. The smallest absolute Gasteiger partial charge is 0.162 e. The lowest BCUT2D eigenvalue weighted by Gasteiger charge is -2.18. The molecule has 1 aromatic carbocycles. The minimum atomic E-state index is 0.562. The lowest BCUT2D eigenvalue weighted by molar-refractivity contribution is 0.171. The number of hydrogen-bond acceptors (Lipinski definition) is 5. The number of rotatable bonds is 2. The summed E-state index contributed by atoms with van der Waals surface area (Å²) in [7, 11) is 0. The van der Waals surface area contributed by atoms with Crippen molar-refractivity contribution in [2.45, 2.75) is 9.92 Å². The van der Waals surface area contributed by atoms with Crippen LogP contribution in [0.25, 0.3) is 0 Å². The van der Waals surface area contributed by atoms with E-state index in [0.29, 0.717) is 18.8 Å². The SMILES string of the molecule is N#Cc1ccc(Sc2ccc3c(c2)OCCO3)nc1. The summed E-state index contributed by atoms with van der Waals surface area (Å²) in [6, 6.07) is 11.5. The molecule has 94 valence electrons. The molecule has 5 heteroatoms. The second-order valence-electron chi connectivity index (χ2n) is 3.90. The highest BCUT2D eigenvalue weighted by Crippen LogP contribution is 2.36. The Bertz CT molecular complexity index is 635. The Kier molecular flexibility index (Phi) is 3.25. The maximum atomic E-state index is 8.72. The van der Waals surface area contributed by atoms with Gasteiger partial charge in [0.2, 0.25) is 0 Å². The first-order valence-electron chi connectivity index (χ1n) is 5.79. The van der Waals surface area contributed by atoms with E-state index in [1.165, 1.54) is 11.8 Å². The first kappa shape index (κ1) is 11.9. The zero-order valence-corrected chi connectivity index (χ0v) is 10.8. The van der Waals surface area contributed by atoms with E-state index in [1.807, 2.05) is 24.3 Å². The van der Waals surface area contributed by atoms with Gasteiger partial charge in [-0.25, -0.2) is 4.98 Å². The first-order chi connectivity index (χ1) is 9.35. The van der Waals surface area contributed by atoms with Gasteiger partial charge in [-0.3, -0.25) is 0 Å². The van der Waals surface area contributed by atoms with Crippen molar-refractivity contribution in [2.75, 3.05) is 13.2 Å². The van der Waals surface area contributed by atoms with Gasteiger partial charge in [-0.05, 0) is 30.3 Å². The topological polar surface area (TPSA) is 55.1 Å². The molecule has 19 heavy (non-hydrogen) atoms. The second kappa shape index (κ2) is 5.21. The van der Waals surface area contributed by atoms with E-state index >= 15 is 0 Å². The number of fused-ring (bicyclic) bond motifs is 1. The highest BCUT2D eigenvalue weighted by atomic mass is 32.2. The van der Waals surface area contributed by atoms with Gasteiger partial charge < -0.3 is 9.47 Å². The highest BCUT2D eigenvalue weighted by molar-refractivity contribution is 7.99. The van der Waals surface area contributed by atoms with Crippen molar-refractivity contribution in [1.82, 2.24) is 4.98 Å². The monoisotopic (exact) mass is 270 g/mol. The molecule has 0 saturated heterocycles. The van der Waals surface area contributed by atoms with Crippen LogP contribution in [0.15, 0.2) is 46.5 Å². The van der Waals surface area contributed by atoms with E-state index in [1.54, 1.807) is 12.3 Å². The molecule has 2 aromatic rings. The van der Waals surface area contributed by atoms with Gasteiger partial charge in [0, 0.05) is 11.1 Å². The predicted octanol–water partition coefficient (Wildman–Crippen LogP) is 2.88. The predicted molar refractivity (Wildman–Crippen MR) is 70.5 cm³/mol. The maximum absolute atomic E-state index is 8.72. The summed E-state index contributed by atoms with van der Waals surface area (Å²) in [5, 5.41) is 9.57. The summed E-state index contributed by atoms with van der Waals surface area (Å²) < 4.78 is 11.0. The molecular formula is C14H10N2O2S. The summed E-state index contributed by atoms with van der Waals surface area (Å²) in [5.41, 5.74) is 0.562. The number of nitriles is 1. The van der Waals surface area contributed by atoms with E-state index < -0.39 is 0 Å². The van der Waals surface area contributed by atoms with E-state index in [0.717, 1.165) is 21.4 Å². The third-order valence-electron chi connectivity index (χ3n) is 2.60. The van der Waals surface area contributed by atoms with Crippen LogP contribution in [0.2, 0.25) is 0 Å². The first-order valence-corrected chi connectivity index (χ1v) is 6.60. The van der Waals surface area contributed by atoms with E-state index in [4.69, 9.17) is 14.7 Å². The van der Waals surface area contributed by atoms with Crippen LogP contribution in [0.4, 0.5) is 0 Å². The number of hydrogen-bond donors (Lipinski definition) is 0. The maximum Gasteiger partial charge on any atom is 0.162 e. The van der Waals surface area contributed by atoms with Gasteiger partial charge >= 0.3 is 0 Å². The number of aromatic nitrogens is 1. The standard InChI is InChI=1S/C14H10N2O2S/c15-8-10-1-4-14(16-9-10)19-11-2-3-12-13(7-11)18-6-5-17-12/h1-4,7,9H,5-6H2. The zero-order chi connectivity index (χ0) is 13.1. The molecule has 0 unspecified atom stereocenters. The van der Waals surface area contributed by atoms with Crippen LogP contribution in [-0.4, -0.2) is 18.2 Å². The lowest BCUT2D eigenvalue weighted by Crippen LogP contribution is -2.15. The molecule has 4 nitrogen and oxygen atoms in total. The highest BCUT2D eigenvalue weighted by Gasteiger charge is 2.12. The molecule has 0 N–H and O–H groups in total. The molecule has 1 aliphatic heterocycles. The van der Waals surface area contributed by atoms with Gasteiger partial charge in [-0.15, -0.1) is 0 Å². The molecule has 0 spiro atoms. The molecule has 1 aliphatic rings. The second-order valence-corrected chi connectivity index (χ2v) is 5.00. The average molecular weight is 270 g/mol. The van der Waals surface area contributed by atoms with Crippen LogP contribution in [0.3, 0.4) is 0 Å². The molecule has 0 aliphatic carbocycles. The van der Waals surface area contributed by atoms with Gasteiger partial charge in [-0.2, -0.15) is 5.26 Å². The van der Waals surface area contributed by atoms with E-state index in [2.05, 4.69) is 11.1 Å². The molecule has 1 aromatic heterocycles. The van der Waals surface area contributed by atoms with Crippen LogP contribution < -0.4 is 9.47 Å². The summed E-state index contributed by atoms with van der Waals surface area (Å²) in [6.07, 6.45) is 1.57. The quantitative estimate of drug-likeness (QED) is 0.839. The largest absolute Gasteiger partial charge is 0.486 e. The van der Waals surface area contributed by atoms with Gasteiger partial charge in [0.1, 0.15) is 24.3 Å². The van der Waals surface area contributed by atoms with Gasteiger partial charge in [0.05, 0.1) is 5.56 Å². The van der Waals surface area contributed by atoms with Crippen LogP contribution in [0.1, 0.15) is 5.56 Å². The van der Waals surface area contributed by atoms with E-state index in [-0.39, 0.29) is 0 Å². The van der Waals surface area contributed by atoms with Crippen molar-refractivity contribution in [3.8, 4) is 17.6 Å². The number of benzene rings is 1. The summed E-state index contributed by atoms with van der Waals surface area (Å²) in [6.45, 7) is 1.17. The minimum Gasteiger partial charge on any atom is -0.486 e. The number of nitrogens with zero attached hydrogens (tertiary/aromatic N) is 2. The van der Waals surface area contributed by atoms with Gasteiger partial charge in [0.25, 0.3) is 0 Å². The third kappa shape index (κ3) is 2.64. The summed E-state index contributed by atoms with van der Waals surface area (Å²) in [5.74, 6) is 1.55. The lowest BCUT2D eigenvalue weighted by atomic mass is 10.3. The molecular weight excluding hydrogens is 260 g/mol. The van der Waals surface area contributed by atoms with Crippen molar-refractivity contribution in [2.24, 2.45) is 0 Å². The minimum absolute atomic E-state index is 0.562. The van der Waals surface area contributed by atoms with Crippen molar-refractivity contribution >= 4 is 11.8 Å². The van der Waals surface area contributed by atoms with Crippen molar-refractivity contribution < 1.29 is 9.47 Å². The fraction of sp³-hybridized carbons (Fsp3) is 0.143. The fourth-order valence-corrected chi connectivity index (χ4v) is 2.50. The van der Waals surface area contributed by atoms with Crippen LogP contribution in [0, 0.1) is 11.3 Å². The van der Waals surface area contributed by atoms with Gasteiger partial charge in [0.15, 0.2) is 11.5 Å². The molecule has 0 saturated carbocycles.